The van der Waals surface area contributed by atoms with Gasteiger partial charge in [0.25, 0.3) is 5.91 Å². The molecule has 150 valence electrons. The fourth-order valence-corrected chi connectivity index (χ4v) is 3.56. The van der Waals surface area contributed by atoms with Crippen LogP contribution in [0, 0.1) is 0 Å². The highest BCUT2D eigenvalue weighted by Crippen LogP contribution is 2.31. The predicted molar refractivity (Wildman–Crippen MR) is 111 cm³/mol. The summed E-state index contributed by atoms with van der Waals surface area (Å²) < 4.78 is 11.1. The van der Waals surface area contributed by atoms with Crippen molar-refractivity contribution in [3.63, 3.8) is 0 Å². The van der Waals surface area contributed by atoms with E-state index >= 15 is 0 Å². The number of ether oxygens (including phenoxy) is 2. The number of para-hydroxylation sites is 1. The van der Waals surface area contributed by atoms with E-state index in [4.69, 9.17) is 9.47 Å². The predicted octanol–water partition coefficient (Wildman–Crippen LogP) is 3.74. The van der Waals surface area contributed by atoms with Gasteiger partial charge in [-0.15, -0.1) is 0 Å². The molecule has 2 aromatic carbocycles. The highest BCUT2D eigenvalue weighted by molar-refractivity contribution is 6.07. The lowest BCUT2D eigenvalue weighted by atomic mass is 10.1. The number of fused-ring (bicyclic) bond motifs is 1. The van der Waals surface area contributed by atoms with Crippen LogP contribution in [-0.2, 0) is 4.79 Å². The molecular formula is C23H24N2O4. The number of piperidine rings is 1. The van der Waals surface area contributed by atoms with E-state index in [1.807, 2.05) is 35.2 Å². The van der Waals surface area contributed by atoms with E-state index in [0.717, 1.165) is 37.9 Å². The number of hydrogen-bond donors (Lipinski definition) is 1. The fourth-order valence-electron chi connectivity index (χ4n) is 3.56. The summed E-state index contributed by atoms with van der Waals surface area (Å²) in [6, 6.07) is 12.7. The first-order chi connectivity index (χ1) is 14.2. The lowest BCUT2D eigenvalue weighted by Crippen LogP contribution is -2.36. The van der Waals surface area contributed by atoms with Gasteiger partial charge in [-0.05, 0) is 55.2 Å². The SMILES string of the molecule is O=C(/C=C/c1ccc2c(c1)OCCO2)Nc1ccccc1C(=O)N1CCCCC1. The van der Waals surface area contributed by atoms with E-state index in [1.54, 1.807) is 18.2 Å². The second-order valence-corrected chi connectivity index (χ2v) is 7.12. The Kier molecular flexibility index (Phi) is 5.79. The van der Waals surface area contributed by atoms with E-state index in [1.165, 1.54) is 6.08 Å². The molecule has 0 aromatic heterocycles. The van der Waals surface area contributed by atoms with Gasteiger partial charge in [-0.1, -0.05) is 18.2 Å². The zero-order chi connectivity index (χ0) is 20.1. The Hall–Kier alpha value is -3.28. The largest absolute Gasteiger partial charge is 0.486 e. The molecule has 1 saturated heterocycles. The van der Waals surface area contributed by atoms with E-state index in [2.05, 4.69) is 5.32 Å². The van der Waals surface area contributed by atoms with Crippen molar-refractivity contribution in [1.82, 2.24) is 4.90 Å². The summed E-state index contributed by atoms with van der Waals surface area (Å²) in [5, 5.41) is 2.83. The third kappa shape index (κ3) is 4.59. The van der Waals surface area contributed by atoms with Crippen molar-refractivity contribution in [2.24, 2.45) is 0 Å². The van der Waals surface area contributed by atoms with Crippen molar-refractivity contribution in [1.29, 1.82) is 0 Å². The number of likely N-dealkylation sites (tertiary alicyclic amines) is 1. The Bertz CT molecular complexity index is 932. The van der Waals surface area contributed by atoms with Crippen LogP contribution in [0.2, 0.25) is 0 Å². The smallest absolute Gasteiger partial charge is 0.255 e. The average Bonchev–Trinajstić information content (AvgIpc) is 2.78. The number of rotatable bonds is 4. The first-order valence-electron chi connectivity index (χ1n) is 9.98. The molecule has 0 atom stereocenters. The van der Waals surface area contributed by atoms with E-state index in [0.29, 0.717) is 36.0 Å². The summed E-state index contributed by atoms with van der Waals surface area (Å²) in [7, 11) is 0. The summed E-state index contributed by atoms with van der Waals surface area (Å²) in [5.41, 5.74) is 1.89. The van der Waals surface area contributed by atoms with Gasteiger partial charge in [0.2, 0.25) is 5.91 Å². The maximum atomic E-state index is 12.8. The van der Waals surface area contributed by atoms with Crippen LogP contribution in [0.25, 0.3) is 6.08 Å². The number of hydrogen-bond acceptors (Lipinski definition) is 4. The van der Waals surface area contributed by atoms with Gasteiger partial charge in [-0.3, -0.25) is 9.59 Å². The van der Waals surface area contributed by atoms with Crippen molar-refractivity contribution < 1.29 is 19.1 Å². The molecule has 0 unspecified atom stereocenters. The van der Waals surface area contributed by atoms with Crippen LogP contribution in [-0.4, -0.2) is 43.0 Å². The Morgan fingerprint density at radius 2 is 1.69 bits per heavy atom. The van der Waals surface area contributed by atoms with Crippen LogP contribution >= 0.6 is 0 Å². The van der Waals surface area contributed by atoms with E-state index in [-0.39, 0.29) is 11.8 Å². The molecule has 2 aromatic rings. The minimum atomic E-state index is -0.293. The summed E-state index contributed by atoms with van der Waals surface area (Å²) in [4.78, 5) is 27.2. The van der Waals surface area contributed by atoms with Gasteiger partial charge in [-0.2, -0.15) is 0 Å². The molecule has 0 bridgehead atoms. The number of nitrogens with one attached hydrogen (secondary N) is 1. The fraction of sp³-hybridized carbons (Fsp3) is 0.304. The van der Waals surface area contributed by atoms with Gasteiger partial charge in [0.15, 0.2) is 11.5 Å². The van der Waals surface area contributed by atoms with Gasteiger partial charge >= 0.3 is 0 Å². The molecule has 29 heavy (non-hydrogen) atoms. The van der Waals surface area contributed by atoms with Crippen LogP contribution in [0.3, 0.4) is 0 Å². The highest BCUT2D eigenvalue weighted by atomic mass is 16.6. The zero-order valence-electron chi connectivity index (χ0n) is 16.2. The van der Waals surface area contributed by atoms with Crippen LogP contribution < -0.4 is 14.8 Å². The van der Waals surface area contributed by atoms with Crippen molar-refractivity contribution >= 4 is 23.6 Å². The maximum Gasteiger partial charge on any atom is 0.255 e. The van der Waals surface area contributed by atoms with Crippen LogP contribution in [0.15, 0.2) is 48.5 Å². The third-order valence-corrected chi connectivity index (χ3v) is 5.05. The van der Waals surface area contributed by atoms with E-state index in [9.17, 15) is 9.59 Å². The minimum absolute atomic E-state index is 0.0311. The van der Waals surface area contributed by atoms with Crippen LogP contribution in [0.5, 0.6) is 11.5 Å². The Balaban J connectivity index is 1.44. The molecule has 0 saturated carbocycles. The molecule has 2 heterocycles. The monoisotopic (exact) mass is 392 g/mol. The van der Waals surface area contributed by atoms with Gasteiger partial charge in [-0.25, -0.2) is 0 Å². The molecule has 1 fully saturated rings. The van der Waals surface area contributed by atoms with Gasteiger partial charge in [0, 0.05) is 19.2 Å². The molecule has 1 N–H and O–H groups in total. The topological polar surface area (TPSA) is 67.9 Å². The van der Waals surface area contributed by atoms with Crippen LogP contribution in [0.4, 0.5) is 5.69 Å². The number of carbonyl (C=O) groups excluding carboxylic acids is 2. The van der Waals surface area contributed by atoms with Crippen LogP contribution in [0.1, 0.15) is 35.2 Å². The average molecular weight is 392 g/mol. The molecule has 6 heteroatoms. The quantitative estimate of drug-likeness (QED) is 0.805. The normalized spacial score (nSPS) is 15.9. The molecular weight excluding hydrogens is 368 g/mol. The number of anilines is 1. The van der Waals surface area contributed by atoms with Crippen molar-refractivity contribution in [2.45, 2.75) is 19.3 Å². The molecule has 0 radical (unpaired) electrons. The summed E-state index contributed by atoms with van der Waals surface area (Å²) in [6.07, 6.45) is 6.38. The second kappa shape index (κ2) is 8.82. The Labute approximate surface area is 170 Å². The van der Waals surface area contributed by atoms with Crippen molar-refractivity contribution in [3.05, 3.63) is 59.7 Å². The summed E-state index contributed by atoms with van der Waals surface area (Å²) in [6.45, 7) is 2.60. The van der Waals surface area contributed by atoms with Gasteiger partial charge < -0.3 is 19.7 Å². The number of carbonyl (C=O) groups is 2. The standard InChI is InChI=1S/C23H24N2O4/c26-22(11-9-17-8-10-20-21(16-17)29-15-14-28-20)24-19-7-3-2-6-18(19)23(27)25-12-4-1-5-13-25/h2-3,6-11,16H,1,4-5,12-15H2,(H,24,26)/b11-9+. The van der Waals surface area contributed by atoms with Gasteiger partial charge in [0.05, 0.1) is 11.3 Å². The number of nitrogens with zero attached hydrogens (tertiary/aromatic N) is 1. The molecule has 2 amide bonds. The lowest BCUT2D eigenvalue weighted by Gasteiger charge is -2.27. The molecule has 2 aliphatic rings. The Morgan fingerprint density at radius 3 is 2.52 bits per heavy atom. The lowest BCUT2D eigenvalue weighted by molar-refractivity contribution is -0.111. The van der Waals surface area contributed by atoms with E-state index < -0.39 is 0 Å². The van der Waals surface area contributed by atoms with Gasteiger partial charge in [0.1, 0.15) is 13.2 Å². The molecule has 4 rings (SSSR count). The summed E-state index contributed by atoms with van der Waals surface area (Å²) in [5.74, 6) is 1.06. The molecule has 0 spiro atoms. The first kappa shape index (κ1) is 19.1. The van der Waals surface area contributed by atoms with Crippen molar-refractivity contribution in [2.75, 3.05) is 31.6 Å². The number of amides is 2. The zero-order valence-corrected chi connectivity index (χ0v) is 16.2. The Morgan fingerprint density at radius 1 is 0.931 bits per heavy atom. The number of benzene rings is 2. The van der Waals surface area contributed by atoms with Crippen molar-refractivity contribution in [3.8, 4) is 11.5 Å². The third-order valence-electron chi connectivity index (χ3n) is 5.05. The molecule has 6 nitrogen and oxygen atoms in total. The minimum Gasteiger partial charge on any atom is -0.486 e. The highest BCUT2D eigenvalue weighted by Gasteiger charge is 2.21. The molecule has 2 aliphatic heterocycles. The maximum absolute atomic E-state index is 12.8. The first-order valence-corrected chi connectivity index (χ1v) is 9.98. The summed E-state index contributed by atoms with van der Waals surface area (Å²) >= 11 is 0. The molecule has 0 aliphatic carbocycles. The second-order valence-electron chi connectivity index (χ2n) is 7.12.